The first kappa shape index (κ1) is 14.8. The molecule has 1 saturated heterocycles. The van der Waals surface area contributed by atoms with E-state index >= 15 is 0 Å². The van der Waals surface area contributed by atoms with E-state index in [0.717, 1.165) is 11.2 Å². The predicted octanol–water partition coefficient (Wildman–Crippen LogP) is 2.66. The molecule has 0 unspecified atom stereocenters. The maximum absolute atomic E-state index is 14.5. The van der Waals surface area contributed by atoms with Crippen LogP contribution in [0.5, 0.6) is 0 Å². The Morgan fingerprint density at radius 2 is 2.12 bits per heavy atom. The Balaban J connectivity index is 1.53. The standard InChI is InChI=1S/C18H16FN3O2/c19-15-7-12(8-21-9-13(10-21)18(23)24)4-5-14(15)16-11-22-6-2-1-3-17(22)20-16/h1-7,11,13H,8-10H2,(H,23,24). The highest BCUT2D eigenvalue weighted by Crippen LogP contribution is 2.25. The minimum absolute atomic E-state index is 0.299. The minimum Gasteiger partial charge on any atom is -0.481 e. The van der Waals surface area contributed by atoms with Gasteiger partial charge in [0.1, 0.15) is 11.5 Å². The first-order valence-electron chi connectivity index (χ1n) is 7.78. The summed E-state index contributed by atoms with van der Waals surface area (Å²) in [6, 6.07) is 10.8. The molecule has 1 N–H and O–H groups in total. The molecule has 4 rings (SSSR count). The van der Waals surface area contributed by atoms with Crippen LogP contribution in [0.4, 0.5) is 4.39 Å². The molecule has 3 aromatic rings. The second-order valence-electron chi connectivity index (χ2n) is 6.14. The fourth-order valence-corrected chi connectivity index (χ4v) is 3.04. The van der Waals surface area contributed by atoms with Gasteiger partial charge in [0.05, 0.1) is 11.6 Å². The van der Waals surface area contributed by atoms with Gasteiger partial charge >= 0.3 is 5.97 Å². The summed E-state index contributed by atoms with van der Waals surface area (Å²) in [4.78, 5) is 17.3. The number of carboxylic acid groups (broad SMARTS) is 1. The molecule has 0 spiro atoms. The summed E-state index contributed by atoms with van der Waals surface area (Å²) in [6.45, 7) is 1.60. The van der Waals surface area contributed by atoms with E-state index < -0.39 is 5.97 Å². The van der Waals surface area contributed by atoms with Crippen molar-refractivity contribution < 1.29 is 14.3 Å². The Bertz CT molecular complexity index is 883. The summed E-state index contributed by atoms with van der Waals surface area (Å²) >= 11 is 0. The lowest BCUT2D eigenvalue weighted by Crippen LogP contribution is -2.49. The molecule has 0 bridgehead atoms. The number of likely N-dealkylation sites (tertiary alicyclic amines) is 1. The zero-order valence-corrected chi connectivity index (χ0v) is 12.9. The zero-order chi connectivity index (χ0) is 16.7. The maximum Gasteiger partial charge on any atom is 0.309 e. The summed E-state index contributed by atoms with van der Waals surface area (Å²) in [5.41, 5.74) is 2.68. The minimum atomic E-state index is -0.764. The lowest BCUT2D eigenvalue weighted by Gasteiger charge is -2.36. The van der Waals surface area contributed by atoms with E-state index in [4.69, 9.17) is 5.11 Å². The summed E-state index contributed by atoms with van der Waals surface area (Å²) in [5.74, 6) is -1.38. The molecule has 0 atom stereocenters. The number of fused-ring (bicyclic) bond motifs is 1. The zero-order valence-electron chi connectivity index (χ0n) is 12.9. The highest BCUT2D eigenvalue weighted by Gasteiger charge is 2.32. The Kier molecular flexibility index (Phi) is 3.54. The highest BCUT2D eigenvalue weighted by atomic mass is 19.1. The summed E-state index contributed by atoms with van der Waals surface area (Å²) < 4.78 is 16.3. The van der Waals surface area contributed by atoms with Gasteiger partial charge in [0.15, 0.2) is 0 Å². The van der Waals surface area contributed by atoms with Crippen LogP contribution in [0, 0.1) is 11.7 Å². The molecule has 5 nitrogen and oxygen atoms in total. The van der Waals surface area contributed by atoms with Gasteiger partial charge in [0, 0.05) is 37.6 Å². The third-order valence-corrected chi connectivity index (χ3v) is 4.39. The number of nitrogens with zero attached hydrogens (tertiary/aromatic N) is 3. The van der Waals surface area contributed by atoms with E-state index in [1.165, 1.54) is 6.07 Å². The number of imidazole rings is 1. The molecule has 0 radical (unpaired) electrons. The lowest BCUT2D eigenvalue weighted by molar-refractivity contribution is -0.147. The normalized spacial score (nSPS) is 15.5. The molecule has 24 heavy (non-hydrogen) atoms. The first-order valence-corrected chi connectivity index (χ1v) is 7.78. The topological polar surface area (TPSA) is 57.8 Å². The van der Waals surface area contributed by atoms with Crippen LogP contribution < -0.4 is 0 Å². The van der Waals surface area contributed by atoms with Crippen molar-refractivity contribution in [3.8, 4) is 11.3 Å². The van der Waals surface area contributed by atoms with Gasteiger partial charge in [-0.25, -0.2) is 9.37 Å². The number of halogens is 1. The van der Waals surface area contributed by atoms with Crippen molar-refractivity contribution in [2.24, 2.45) is 5.92 Å². The molecule has 1 aliphatic heterocycles. The Morgan fingerprint density at radius 1 is 1.29 bits per heavy atom. The quantitative estimate of drug-likeness (QED) is 0.801. The van der Waals surface area contributed by atoms with Crippen LogP contribution in [-0.4, -0.2) is 38.4 Å². The molecule has 0 saturated carbocycles. The molecule has 3 heterocycles. The Labute approximate surface area is 138 Å². The number of carbonyl (C=O) groups is 1. The first-order chi connectivity index (χ1) is 11.6. The SMILES string of the molecule is O=C(O)C1CN(Cc2ccc(-c3cn4ccccc4n3)c(F)c2)C1. The summed E-state index contributed by atoms with van der Waals surface area (Å²) in [6.07, 6.45) is 3.68. The van der Waals surface area contributed by atoms with Crippen LogP contribution in [0.25, 0.3) is 16.9 Å². The van der Waals surface area contributed by atoms with Crippen LogP contribution in [-0.2, 0) is 11.3 Å². The Hall–Kier alpha value is -2.73. The van der Waals surface area contributed by atoms with Crippen molar-refractivity contribution in [3.05, 3.63) is 60.2 Å². The molecule has 1 aromatic carbocycles. The monoisotopic (exact) mass is 325 g/mol. The predicted molar refractivity (Wildman–Crippen MR) is 87.0 cm³/mol. The molecular weight excluding hydrogens is 309 g/mol. The number of aromatic nitrogens is 2. The van der Waals surface area contributed by atoms with Gasteiger partial charge in [-0.05, 0) is 29.8 Å². The van der Waals surface area contributed by atoms with Gasteiger partial charge < -0.3 is 9.51 Å². The van der Waals surface area contributed by atoms with Crippen LogP contribution in [0.2, 0.25) is 0 Å². The van der Waals surface area contributed by atoms with Crippen molar-refractivity contribution in [1.82, 2.24) is 14.3 Å². The Morgan fingerprint density at radius 3 is 2.83 bits per heavy atom. The molecule has 1 fully saturated rings. The third-order valence-electron chi connectivity index (χ3n) is 4.39. The van der Waals surface area contributed by atoms with E-state index in [0.29, 0.717) is 30.9 Å². The van der Waals surface area contributed by atoms with Gasteiger partial charge in [-0.3, -0.25) is 9.69 Å². The van der Waals surface area contributed by atoms with Crippen molar-refractivity contribution >= 4 is 11.6 Å². The molecule has 0 aliphatic carbocycles. The van der Waals surface area contributed by atoms with Crippen LogP contribution in [0.1, 0.15) is 5.56 Å². The van der Waals surface area contributed by atoms with Gasteiger partial charge in [-0.2, -0.15) is 0 Å². The van der Waals surface area contributed by atoms with Crippen molar-refractivity contribution in [1.29, 1.82) is 0 Å². The molecule has 1 aliphatic rings. The number of benzene rings is 1. The number of carboxylic acids is 1. The van der Waals surface area contributed by atoms with Crippen LogP contribution in [0.15, 0.2) is 48.8 Å². The summed E-state index contributed by atoms with van der Waals surface area (Å²) in [7, 11) is 0. The van der Waals surface area contributed by atoms with E-state index in [2.05, 4.69) is 4.98 Å². The number of aliphatic carboxylic acids is 1. The van der Waals surface area contributed by atoms with Crippen molar-refractivity contribution in [2.75, 3.05) is 13.1 Å². The van der Waals surface area contributed by atoms with Gasteiger partial charge in [0.2, 0.25) is 0 Å². The fourth-order valence-electron chi connectivity index (χ4n) is 3.04. The highest BCUT2D eigenvalue weighted by molar-refractivity contribution is 5.71. The van der Waals surface area contributed by atoms with Gasteiger partial charge in [-0.1, -0.05) is 12.1 Å². The van der Waals surface area contributed by atoms with E-state index in [-0.39, 0.29) is 11.7 Å². The number of hydrogen-bond acceptors (Lipinski definition) is 3. The van der Waals surface area contributed by atoms with Crippen molar-refractivity contribution in [3.63, 3.8) is 0 Å². The lowest BCUT2D eigenvalue weighted by atomic mass is 9.99. The smallest absolute Gasteiger partial charge is 0.309 e. The largest absolute Gasteiger partial charge is 0.481 e. The molecule has 0 amide bonds. The second kappa shape index (κ2) is 5.72. The van der Waals surface area contributed by atoms with E-state index in [1.807, 2.05) is 39.8 Å². The average molecular weight is 325 g/mol. The maximum atomic E-state index is 14.5. The van der Waals surface area contributed by atoms with E-state index in [1.54, 1.807) is 12.3 Å². The number of rotatable bonds is 4. The van der Waals surface area contributed by atoms with Gasteiger partial charge in [-0.15, -0.1) is 0 Å². The van der Waals surface area contributed by atoms with Crippen molar-refractivity contribution in [2.45, 2.75) is 6.54 Å². The van der Waals surface area contributed by atoms with Gasteiger partial charge in [0.25, 0.3) is 0 Å². The average Bonchev–Trinajstić information content (AvgIpc) is 2.93. The van der Waals surface area contributed by atoms with E-state index in [9.17, 15) is 9.18 Å². The number of hydrogen-bond donors (Lipinski definition) is 1. The van der Waals surface area contributed by atoms with Crippen LogP contribution in [0.3, 0.4) is 0 Å². The molecule has 2 aromatic heterocycles. The molecular formula is C18H16FN3O2. The number of pyridine rings is 1. The molecule has 122 valence electrons. The third kappa shape index (κ3) is 2.65. The molecule has 6 heteroatoms. The van der Waals surface area contributed by atoms with Crippen LogP contribution >= 0.6 is 0 Å². The summed E-state index contributed by atoms with van der Waals surface area (Å²) in [5, 5.41) is 8.89. The fraction of sp³-hybridized carbons (Fsp3) is 0.222. The second-order valence-corrected chi connectivity index (χ2v) is 6.14.